The zero-order valence-corrected chi connectivity index (χ0v) is 11.0. The maximum atomic E-state index is 12.0. The Hall–Kier alpha value is -0.810. The third kappa shape index (κ3) is 2.62. The molecule has 2 saturated heterocycles. The zero-order valence-electron chi connectivity index (χ0n) is 11.0. The molecule has 3 fully saturated rings. The van der Waals surface area contributed by atoms with Crippen LogP contribution >= 0.6 is 0 Å². The Morgan fingerprint density at radius 3 is 2.44 bits per heavy atom. The predicted octanol–water partition coefficient (Wildman–Crippen LogP) is 0.228. The summed E-state index contributed by atoms with van der Waals surface area (Å²) in [6, 6.07) is 1.20. The van der Waals surface area contributed by atoms with Crippen LogP contribution < -0.4 is 10.6 Å². The number of urea groups is 1. The molecular weight excluding hydrogens is 228 g/mol. The summed E-state index contributed by atoms with van der Waals surface area (Å²) in [6.45, 7) is 6.26. The van der Waals surface area contributed by atoms with Crippen molar-refractivity contribution in [3.63, 3.8) is 0 Å². The summed E-state index contributed by atoms with van der Waals surface area (Å²) in [6.07, 6.45) is 4.88. The summed E-state index contributed by atoms with van der Waals surface area (Å²) in [5.41, 5.74) is 0. The van der Waals surface area contributed by atoms with Gasteiger partial charge in [0.05, 0.1) is 0 Å². The Balaban J connectivity index is 1.39. The van der Waals surface area contributed by atoms with E-state index in [0.717, 1.165) is 39.3 Å². The molecule has 1 saturated carbocycles. The summed E-state index contributed by atoms with van der Waals surface area (Å²) in [7, 11) is 0. The highest BCUT2D eigenvalue weighted by Crippen LogP contribution is 2.20. The van der Waals surface area contributed by atoms with Crippen LogP contribution in [0.3, 0.4) is 0 Å². The van der Waals surface area contributed by atoms with E-state index in [-0.39, 0.29) is 6.03 Å². The summed E-state index contributed by atoms with van der Waals surface area (Å²) < 4.78 is 0. The lowest BCUT2D eigenvalue weighted by molar-refractivity contribution is 0.0484. The molecule has 0 spiro atoms. The van der Waals surface area contributed by atoms with Crippen molar-refractivity contribution in [2.45, 2.75) is 37.8 Å². The average Bonchev–Trinajstić information content (AvgIpc) is 2.81. The predicted molar refractivity (Wildman–Crippen MR) is 70.6 cm³/mol. The van der Waals surface area contributed by atoms with Gasteiger partial charge in [-0.05, 0) is 12.8 Å². The summed E-state index contributed by atoms with van der Waals surface area (Å²) >= 11 is 0. The van der Waals surface area contributed by atoms with E-state index in [1.807, 2.05) is 4.90 Å². The van der Waals surface area contributed by atoms with Crippen molar-refractivity contribution in [3.8, 4) is 0 Å². The van der Waals surface area contributed by atoms with E-state index < -0.39 is 0 Å². The molecule has 18 heavy (non-hydrogen) atoms. The molecule has 0 aromatic carbocycles. The molecule has 5 nitrogen and oxygen atoms in total. The molecule has 3 rings (SSSR count). The van der Waals surface area contributed by atoms with Gasteiger partial charge in [-0.1, -0.05) is 12.8 Å². The third-order valence-electron chi connectivity index (χ3n) is 4.50. The number of nitrogens with one attached hydrogen (secondary N) is 2. The molecule has 0 radical (unpaired) electrons. The number of hydrogen-bond donors (Lipinski definition) is 2. The average molecular weight is 252 g/mol. The second kappa shape index (κ2) is 5.45. The van der Waals surface area contributed by atoms with E-state index in [2.05, 4.69) is 15.5 Å². The van der Waals surface area contributed by atoms with Gasteiger partial charge in [0.1, 0.15) is 0 Å². The van der Waals surface area contributed by atoms with Gasteiger partial charge in [-0.25, -0.2) is 4.79 Å². The van der Waals surface area contributed by atoms with Crippen LogP contribution in [-0.2, 0) is 0 Å². The van der Waals surface area contributed by atoms with E-state index in [4.69, 9.17) is 0 Å². The molecule has 2 amide bonds. The van der Waals surface area contributed by atoms with Gasteiger partial charge in [-0.15, -0.1) is 0 Å². The normalized spacial score (nSPS) is 27.2. The van der Waals surface area contributed by atoms with Crippen molar-refractivity contribution in [3.05, 3.63) is 0 Å². The highest BCUT2D eigenvalue weighted by molar-refractivity contribution is 5.75. The van der Waals surface area contributed by atoms with Gasteiger partial charge in [-0.3, -0.25) is 4.90 Å². The minimum atomic E-state index is 0.160. The molecule has 102 valence electrons. The van der Waals surface area contributed by atoms with Crippen LogP contribution in [0.2, 0.25) is 0 Å². The van der Waals surface area contributed by atoms with E-state index >= 15 is 0 Å². The van der Waals surface area contributed by atoms with Crippen LogP contribution in [-0.4, -0.2) is 67.2 Å². The monoisotopic (exact) mass is 252 g/mol. The maximum absolute atomic E-state index is 12.0. The van der Waals surface area contributed by atoms with E-state index in [0.29, 0.717) is 12.1 Å². The van der Waals surface area contributed by atoms with Crippen LogP contribution in [0.1, 0.15) is 25.7 Å². The van der Waals surface area contributed by atoms with Gasteiger partial charge in [0.2, 0.25) is 0 Å². The molecule has 2 N–H and O–H groups in total. The minimum absolute atomic E-state index is 0.160. The van der Waals surface area contributed by atoms with Crippen molar-refractivity contribution in [1.82, 2.24) is 20.4 Å². The molecule has 0 atom stereocenters. The number of carbonyl (C=O) groups is 1. The highest BCUT2D eigenvalue weighted by Gasteiger charge is 2.35. The fourth-order valence-electron chi connectivity index (χ4n) is 3.24. The Bertz CT molecular complexity index is 291. The topological polar surface area (TPSA) is 47.6 Å². The van der Waals surface area contributed by atoms with E-state index in [1.54, 1.807) is 0 Å². The second-order valence-electron chi connectivity index (χ2n) is 5.78. The molecule has 0 bridgehead atoms. The van der Waals surface area contributed by atoms with Gasteiger partial charge in [0.25, 0.3) is 0 Å². The Morgan fingerprint density at radius 1 is 1.11 bits per heavy atom. The van der Waals surface area contributed by atoms with Crippen molar-refractivity contribution >= 4 is 6.03 Å². The first-order valence-corrected chi connectivity index (χ1v) is 7.33. The Kier molecular flexibility index (Phi) is 3.70. The first-order chi connectivity index (χ1) is 8.83. The molecule has 1 aliphatic carbocycles. The third-order valence-corrected chi connectivity index (χ3v) is 4.50. The standard InChI is InChI=1S/C13H24N4O/c18-13(15-11-3-1-2-4-11)17-9-12(10-17)16-7-5-14-6-8-16/h11-12,14H,1-10H2,(H,15,18). The lowest BCUT2D eigenvalue weighted by atomic mass is 10.1. The van der Waals surface area contributed by atoms with Crippen molar-refractivity contribution in [1.29, 1.82) is 0 Å². The molecule has 3 aliphatic rings. The van der Waals surface area contributed by atoms with Crippen molar-refractivity contribution in [2.24, 2.45) is 0 Å². The largest absolute Gasteiger partial charge is 0.335 e. The van der Waals surface area contributed by atoms with Crippen LogP contribution in [0, 0.1) is 0 Å². The Labute approximate surface area is 109 Å². The number of piperazine rings is 1. The number of rotatable bonds is 2. The lowest BCUT2D eigenvalue weighted by Crippen LogP contribution is -2.65. The van der Waals surface area contributed by atoms with Gasteiger partial charge >= 0.3 is 6.03 Å². The molecule has 5 heteroatoms. The SMILES string of the molecule is O=C(NC1CCCC1)N1CC(N2CCNCC2)C1. The number of hydrogen-bond acceptors (Lipinski definition) is 3. The summed E-state index contributed by atoms with van der Waals surface area (Å²) in [5, 5.41) is 6.53. The first kappa shape index (κ1) is 12.2. The minimum Gasteiger partial charge on any atom is -0.335 e. The molecular formula is C13H24N4O. The first-order valence-electron chi connectivity index (χ1n) is 7.33. The van der Waals surface area contributed by atoms with Crippen LogP contribution in [0.4, 0.5) is 4.79 Å². The molecule has 0 aromatic rings. The number of nitrogens with zero attached hydrogens (tertiary/aromatic N) is 2. The Morgan fingerprint density at radius 2 is 1.78 bits per heavy atom. The van der Waals surface area contributed by atoms with Gasteiger partial charge in [0.15, 0.2) is 0 Å². The van der Waals surface area contributed by atoms with Crippen molar-refractivity contribution in [2.75, 3.05) is 39.3 Å². The lowest BCUT2D eigenvalue weighted by Gasteiger charge is -2.46. The molecule has 0 unspecified atom stereocenters. The second-order valence-corrected chi connectivity index (χ2v) is 5.78. The van der Waals surface area contributed by atoms with Crippen LogP contribution in [0.15, 0.2) is 0 Å². The summed E-state index contributed by atoms with van der Waals surface area (Å²) in [4.78, 5) is 16.5. The molecule has 2 heterocycles. The number of amides is 2. The number of carbonyl (C=O) groups excluding carboxylic acids is 1. The van der Waals surface area contributed by atoms with Crippen LogP contribution in [0.25, 0.3) is 0 Å². The van der Waals surface area contributed by atoms with Gasteiger partial charge in [0, 0.05) is 51.4 Å². The number of likely N-dealkylation sites (tertiary alicyclic amines) is 1. The quantitative estimate of drug-likeness (QED) is 0.739. The maximum Gasteiger partial charge on any atom is 0.317 e. The summed E-state index contributed by atoms with van der Waals surface area (Å²) in [5.74, 6) is 0. The van der Waals surface area contributed by atoms with E-state index in [9.17, 15) is 4.79 Å². The van der Waals surface area contributed by atoms with Crippen molar-refractivity contribution < 1.29 is 4.79 Å². The van der Waals surface area contributed by atoms with Gasteiger partial charge in [-0.2, -0.15) is 0 Å². The van der Waals surface area contributed by atoms with Gasteiger partial charge < -0.3 is 15.5 Å². The highest BCUT2D eigenvalue weighted by atomic mass is 16.2. The fraction of sp³-hybridized carbons (Fsp3) is 0.923. The molecule has 2 aliphatic heterocycles. The smallest absolute Gasteiger partial charge is 0.317 e. The van der Waals surface area contributed by atoms with E-state index in [1.165, 1.54) is 25.7 Å². The molecule has 0 aromatic heterocycles. The fourth-order valence-corrected chi connectivity index (χ4v) is 3.24. The zero-order chi connectivity index (χ0) is 12.4. The van der Waals surface area contributed by atoms with Crippen LogP contribution in [0.5, 0.6) is 0 Å².